The average molecular weight is 310 g/mol. The zero-order chi connectivity index (χ0) is 16.8. The summed E-state index contributed by atoms with van der Waals surface area (Å²) in [7, 11) is 0. The number of hydrogen-bond acceptors (Lipinski definition) is 3. The van der Waals surface area contributed by atoms with Gasteiger partial charge in [-0.2, -0.15) is 0 Å². The molecule has 2 amide bonds. The lowest BCUT2D eigenvalue weighted by atomic mass is 10.0. The van der Waals surface area contributed by atoms with Gasteiger partial charge in [-0.15, -0.1) is 0 Å². The molecule has 1 unspecified atom stereocenters. The van der Waals surface area contributed by atoms with Crippen LogP contribution in [0, 0.1) is 0 Å². The Kier molecular flexibility index (Phi) is 5.25. The molecular weight excluding hydrogens is 292 g/mol. The minimum Gasteiger partial charge on any atom is -0.368 e. The normalized spacial score (nSPS) is 11.5. The van der Waals surface area contributed by atoms with E-state index in [-0.39, 0.29) is 18.2 Å². The van der Waals surface area contributed by atoms with E-state index in [1.807, 2.05) is 0 Å². The van der Waals surface area contributed by atoms with E-state index >= 15 is 0 Å². The average Bonchev–Trinajstić information content (AvgIpc) is 2.55. The van der Waals surface area contributed by atoms with Crippen molar-refractivity contribution in [1.82, 2.24) is 4.90 Å². The zero-order valence-corrected chi connectivity index (χ0v) is 12.8. The molecule has 5 heteroatoms. The van der Waals surface area contributed by atoms with Crippen molar-refractivity contribution >= 4 is 17.6 Å². The van der Waals surface area contributed by atoms with Gasteiger partial charge in [0.25, 0.3) is 0 Å². The number of Topliss-reactive ketones (excluding diaryl/α,β-unsaturated/α-hetero) is 1. The fourth-order valence-corrected chi connectivity index (χ4v) is 2.39. The number of primary amides is 1. The summed E-state index contributed by atoms with van der Waals surface area (Å²) in [5.41, 5.74) is 6.54. The number of nitrogens with two attached hydrogens (primary N) is 1. The van der Waals surface area contributed by atoms with Crippen LogP contribution in [0.25, 0.3) is 0 Å². The lowest BCUT2D eigenvalue weighted by Crippen LogP contribution is -2.43. The quantitative estimate of drug-likeness (QED) is 0.828. The van der Waals surface area contributed by atoms with E-state index in [0.29, 0.717) is 11.1 Å². The number of rotatable bonds is 6. The molecule has 0 radical (unpaired) electrons. The summed E-state index contributed by atoms with van der Waals surface area (Å²) in [6, 6.07) is 16.4. The molecule has 118 valence electrons. The molecule has 0 bridgehead atoms. The predicted molar refractivity (Wildman–Crippen MR) is 86.5 cm³/mol. The fourth-order valence-electron chi connectivity index (χ4n) is 2.39. The molecule has 0 aliphatic rings. The van der Waals surface area contributed by atoms with Gasteiger partial charge < -0.3 is 10.6 Å². The van der Waals surface area contributed by atoms with Gasteiger partial charge in [0.05, 0.1) is 6.54 Å². The van der Waals surface area contributed by atoms with Crippen LogP contribution in [0.4, 0.5) is 0 Å². The van der Waals surface area contributed by atoms with Crippen molar-refractivity contribution in [1.29, 1.82) is 0 Å². The van der Waals surface area contributed by atoms with Gasteiger partial charge in [-0.25, -0.2) is 0 Å². The molecule has 1 atom stereocenters. The van der Waals surface area contributed by atoms with Crippen molar-refractivity contribution in [2.75, 3.05) is 6.54 Å². The van der Waals surface area contributed by atoms with E-state index in [2.05, 4.69) is 0 Å². The third-order valence-corrected chi connectivity index (χ3v) is 3.51. The highest BCUT2D eigenvalue weighted by Gasteiger charge is 2.29. The van der Waals surface area contributed by atoms with Crippen LogP contribution in [0.15, 0.2) is 60.7 Å². The Morgan fingerprint density at radius 1 is 0.957 bits per heavy atom. The minimum absolute atomic E-state index is 0.207. The molecule has 0 saturated heterocycles. The number of nitrogens with zero attached hydrogens (tertiary/aromatic N) is 1. The maximum Gasteiger partial charge on any atom is 0.244 e. The Morgan fingerprint density at radius 2 is 1.48 bits per heavy atom. The summed E-state index contributed by atoms with van der Waals surface area (Å²) >= 11 is 0. The van der Waals surface area contributed by atoms with Crippen LogP contribution < -0.4 is 5.73 Å². The standard InChI is InChI=1S/C18H18N2O3/c1-13(21)20(12-16(22)14-8-4-2-5-9-14)17(18(19)23)15-10-6-3-7-11-15/h2-11,17H,12H2,1H3,(H2,19,23). The van der Waals surface area contributed by atoms with E-state index in [1.54, 1.807) is 60.7 Å². The van der Waals surface area contributed by atoms with E-state index in [4.69, 9.17) is 5.73 Å². The minimum atomic E-state index is -0.971. The Hall–Kier alpha value is -2.95. The number of carbonyl (C=O) groups is 3. The molecule has 0 spiro atoms. The van der Waals surface area contributed by atoms with Gasteiger partial charge >= 0.3 is 0 Å². The molecule has 2 aromatic carbocycles. The van der Waals surface area contributed by atoms with Crippen molar-refractivity contribution in [3.8, 4) is 0 Å². The van der Waals surface area contributed by atoms with Gasteiger partial charge in [0.15, 0.2) is 5.78 Å². The second-order valence-electron chi connectivity index (χ2n) is 5.15. The first kappa shape index (κ1) is 16.4. The third kappa shape index (κ3) is 4.03. The van der Waals surface area contributed by atoms with Crippen LogP contribution >= 0.6 is 0 Å². The van der Waals surface area contributed by atoms with E-state index in [9.17, 15) is 14.4 Å². The van der Waals surface area contributed by atoms with Gasteiger partial charge in [-0.05, 0) is 5.56 Å². The van der Waals surface area contributed by atoms with E-state index in [1.165, 1.54) is 11.8 Å². The lowest BCUT2D eigenvalue weighted by molar-refractivity contribution is -0.137. The first-order valence-corrected chi connectivity index (χ1v) is 7.20. The summed E-state index contributed by atoms with van der Waals surface area (Å²) in [5.74, 6) is -1.31. The largest absolute Gasteiger partial charge is 0.368 e. The fraction of sp³-hybridized carbons (Fsp3) is 0.167. The number of amides is 2. The highest BCUT2D eigenvalue weighted by atomic mass is 16.2. The molecular formula is C18H18N2O3. The summed E-state index contributed by atoms with van der Waals surface area (Å²) in [4.78, 5) is 37.5. The second kappa shape index (κ2) is 7.35. The second-order valence-corrected chi connectivity index (χ2v) is 5.15. The number of benzene rings is 2. The molecule has 0 aromatic heterocycles. The SMILES string of the molecule is CC(=O)N(CC(=O)c1ccccc1)C(C(N)=O)c1ccccc1. The predicted octanol–water partition coefficient (Wildman–Crippen LogP) is 1.94. The van der Waals surface area contributed by atoms with Crippen LogP contribution in [0.2, 0.25) is 0 Å². The molecule has 0 heterocycles. The Morgan fingerprint density at radius 3 is 1.96 bits per heavy atom. The molecule has 5 nitrogen and oxygen atoms in total. The number of ketones is 1. The molecule has 0 aliphatic heterocycles. The summed E-state index contributed by atoms with van der Waals surface area (Å²) in [5, 5.41) is 0. The zero-order valence-electron chi connectivity index (χ0n) is 12.8. The van der Waals surface area contributed by atoms with E-state index < -0.39 is 11.9 Å². The Labute approximate surface area is 134 Å². The van der Waals surface area contributed by atoms with Crippen molar-refractivity contribution in [3.63, 3.8) is 0 Å². The van der Waals surface area contributed by atoms with Gasteiger partial charge in [0, 0.05) is 12.5 Å². The first-order valence-electron chi connectivity index (χ1n) is 7.20. The topological polar surface area (TPSA) is 80.5 Å². The van der Waals surface area contributed by atoms with E-state index in [0.717, 1.165) is 0 Å². The van der Waals surface area contributed by atoms with Crippen molar-refractivity contribution < 1.29 is 14.4 Å². The van der Waals surface area contributed by atoms with Gasteiger partial charge in [-0.3, -0.25) is 14.4 Å². The molecule has 0 saturated carbocycles. The van der Waals surface area contributed by atoms with Gasteiger partial charge in [0.2, 0.25) is 11.8 Å². The van der Waals surface area contributed by atoms with Crippen LogP contribution in [0.5, 0.6) is 0 Å². The first-order chi connectivity index (χ1) is 11.0. The van der Waals surface area contributed by atoms with Crippen molar-refractivity contribution in [3.05, 3.63) is 71.8 Å². The van der Waals surface area contributed by atoms with Crippen LogP contribution in [-0.2, 0) is 9.59 Å². The smallest absolute Gasteiger partial charge is 0.244 e. The summed E-state index contributed by atoms with van der Waals surface area (Å²) in [6.07, 6.45) is 0. The Bertz CT molecular complexity index is 699. The molecule has 2 aromatic rings. The van der Waals surface area contributed by atoms with Crippen LogP contribution in [0.3, 0.4) is 0 Å². The van der Waals surface area contributed by atoms with Crippen molar-refractivity contribution in [2.24, 2.45) is 5.73 Å². The maximum atomic E-state index is 12.4. The summed E-state index contributed by atoms with van der Waals surface area (Å²) in [6.45, 7) is 1.11. The van der Waals surface area contributed by atoms with Crippen molar-refractivity contribution in [2.45, 2.75) is 13.0 Å². The van der Waals surface area contributed by atoms with Gasteiger partial charge in [-0.1, -0.05) is 60.7 Å². The molecule has 0 aliphatic carbocycles. The molecule has 23 heavy (non-hydrogen) atoms. The number of hydrogen-bond donors (Lipinski definition) is 1. The monoisotopic (exact) mass is 310 g/mol. The van der Waals surface area contributed by atoms with Crippen LogP contribution in [-0.4, -0.2) is 29.0 Å². The highest BCUT2D eigenvalue weighted by molar-refractivity contribution is 6.00. The Balaban J connectivity index is 2.31. The maximum absolute atomic E-state index is 12.4. The molecule has 2 N–H and O–H groups in total. The summed E-state index contributed by atoms with van der Waals surface area (Å²) < 4.78 is 0. The lowest BCUT2D eigenvalue weighted by Gasteiger charge is -2.28. The van der Waals surface area contributed by atoms with Crippen LogP contribution in [0.1, 0.15) is 28.9 Å². The highest BCUT2D eigenvalue weighted by Crippen LogP contribution is 2.21. The number of carbonyl (C=O) groups excluding carboxylic acids is 3. The molecule has 2 rings (SSSR count). The third-order valence-electron chi connectivity index (χ3n) is 3.51. The molecule has 0 fully saturated rings. The van der Waals surface area contributed by atoms with Gasteiger partial charge in [0.1, 0.15) is 6.04 Å².